The second-order valence-corrected chi connectivity index (χ2v) is 6.15. The highest BCUT2D eigenvalue weighted by Gasteiger charge is 2.41. The predicted octanol–water partition coefficient (Wildman–Crippen LogP) is 2.65. The number of nitrogens with zero attached hydrogens (tertiary/aromatic N) is 3. The van der Waals surface area contributed by atoms with E-state index in [-0.39, 0.29) is 5.91 Å². The van der Waals surface area contributed by atoms with Crippen molar-refractivity contribution in [2.45, 2.75) is 51.9 Å². The van der Waals surface area contributed by atoms with Gasteiger partial charge in [0.05, 0.1) is 6.07 Å². The molecule has 0 spiro atoms. The molecule has 1 saturated carbocycles. The van der Waals surface area contributed by atoms with E-state index in [2.05, 4.69) is 11.0 Å². The van der Waals surface area contributed by atoms with Gasteiger partial charge in [-0.05, 0) is 46.8 Å². The van der Waals surface area contributed by atoms with Crippen LogP contribution in [0.4, 0.5) is 0 Å². The molecule has 0 N–H and O–H groups in total. The Kier molecular flexibility index (Phi) is 7.01. The summed E-state index contributed by atoms with van der Waals surface area (Å²) in [5.41, 5.74) is -0.745. The summed E-state index contributed by atoms with van der Waals surface area (Å²) >= 11 is 0. The molecule has 1 aliphatic rings. The summed E-state index contributed by atoms with van der Waals surface area (Å²) in [7, 11) is 4.08. The van der Waals surface area contributed by atoms with Gasteiger partial charge in [0.2, 0.25) is 5.91 Å². The van der Waals surface area contributed by atoms with Crippen molar-refractivity contribution in [2.24, 2.45) is 5.41 Å². The molecule has 0 radical (unpaired) electrons. The lowest BCUT2D eigenvalue weighted by Gasteiger charge is -2.31. The Balaban J connectivity index is 2.69. The second kappa shape index (κ2) is 8.26. The van der Waals surface area contributed by atoms with Gasteiger partial charge in [0.1, 0.15) is 5.41 Å². The molecule has 0 aromatic rings. The maximum atomic E-state index is 12.8. The van der Waals surface area contributed by atoms with E-state index in [9.17, 15) is 10.1 Å². The highest BCUT2D eigenvalue weighted by molar-refractivity contribution is 5.85. The number of nitriles is 1. The molecule has 0 unspecified atom stereocenters. The van der Waals surface area contributed by atoms with Gasteiger partial charge in [-0.25, -0.2) is 0 Å². The van der Waals surface area contributed by atoms with Gasteiger partial charge < -0.3 is 9.80 Å². The first-order valence-electron chi connectivity index (χ1n) is 7.91. The number of hydrogen-bond acceptors (Lipinski definition) is 3. The van der Waals surface area contributed by atoms with E-state index in [1.807, 2.05) is 25.9 Å². The van der Waals surface area contributed by atoms with Crippen LogP contribution in [-0.4, -0.2) is 49.4 Å². The summed E-state index contributed by atoms with van der Waals surface area (Å²) in [5, 5.41) is 9.59. The van der Waals surface area contributed by atoms with E-state index in [0.717, 1.165) is 58.0 Å². The van der Waals surface area contributed by atoms with E-state index < -0.39 is 5.41 Å². The molecule has 1 aliphatic carbocycles. The third kappa shape index (κ3) is 4.49. The van der Waals surface area contributed by atoms with Crippen molar-refractivity contribution in [1.82, 2.24) is 9.80 Å². The van der Waals surface area contributed by atoms with Crippen molar-refractivity contribution in [3.63, 3.8) is 0 Å². The van der Waals surface area contributed by atoms with E-state index in [1.165, 1.54) is 0 Å². The van der Waals surface area contributed by atoms with Crippen LogP contribution in [0.2, 0.25) is 0 Å². The molecule has 4 heteroatoms. The Morgan fingerprint density at radius 2 is 1.75 bits per heavy atom. The molecular formula is C16H29N3O. The van der Waals surface area contributed by atoms with E-state index in [4.69, 9.17) is 0 Å². The average molecular weight is 279 g/mol. The minimum absolute atomic E-state index is 0.0724. The summed E-state index contributed by atoms with van der Waals surface area (Å²) in [6.07, 6.45) is 6.78. The topological polar surface area (TPSA) is 47.3 Å². The fraction of sp³-hybridized carbons (Fsp3) is 0.875. The predicted molar refractivity (Wildman–Crippen MR) is 81.2 cm³/mol. The highest BCUT2D eigenvalue weighted by atomic mass is 16.2. The van der Waals surface area contributed by atoms with E-state index in [1.54, 1.807) is 0 Å². The van der Waals surface area contributed by atoms with Crippen LogP contribution in [0.5, 0.6) is 0 Å². The van der Waals surface area contributed by atoms with Crippen LogP contribution in [0.15, 0.2) is 0 Å². The Hall–Kier alpha value is -1.08. The zero-order chi connectivity index (χ0) is 15.0. The standard InChI is InChI=1S/C16H29N3O/c1-4-19(13-9-12-18(2)3)15(20)16(14-17)10-7-5-6-8-11-16/h4-13H2,1-3H3. The first kappa shape index (κ1) is 17.0. The van der Waals surface area contributed by atoms with E-state index >= 15 is 0 Å². The summed E-state index contributed by atoms with van der Waals surface area (Å²) < 4.78 is 0. The SMILES string of the molecule is CCN(CCCN(C)C)C(=O)C1(C#N)CCCCCC1. The number of rotatable bonds is 6. The number of carbonyl (C=O) groups is 1. The van der Waals surface area contributed by atoms with Gasteiger partial charge in [-0.15, -0.1) is 0 Å². The minimum atomic E-state index is -0.745. The first-order valence-corrected chi connectivity index (χ1v) is 7.91. The van der Waals surface area contributed by atoms with Crippen LogP contribution in [0.3, 0.4) is 0 Å². The molecule has 114 valence electrons. The lowest BCUT2D eigenvalue weighted by Crippen LogP contribution is -2.44. The van der Waals surface area contributed by atoms with Crippen molar-refractivity contribution < 1.29 is 4.79 Å². The molecule has 0 atom stereocenters. The molecule has 20 heavy (non-hydrogen) atoms. The largest absolute Gasteiger partial charge is 0.342 e. The molecule has 0 heterocycles. The van der Waals surface area contributed by atoms with Crippen LogP contribution in [0, 0.1) is 16.7 Å². The van der Waals surface area contributed by atoms with Crippen LogP contribution in [0.1, 0.15) is 51.9 Å². The third-order valence-corrected chi connectivity index (χ3v) is 4.28. The normalized spacial score (nSPS) is 18.4. The number of hydrogen-bond donors (Lipinski definition) is 0. The Morgan fingerprint density at radius 1 is 1.15 bits per heavy atom. The first-order chi connectivity index (χ1) is 9.55. The maximum absolute atomic E-state index is 12.8. The maximum Gasteiger partial charge on any atom is 0.243 e. The van der Waals surface area contributed by atoms with Gasteiger partial charge in [-0.3, -0.25) is 4.79 Å². The molecule has 0 aromatic carbocycles. The van der Waals surface area contributed by atoms with Crippen LogP contribution in [-0.2, 0) is 4.79 Å². The van der Waals surface area contributed by atoms with Crippen molar-refractivity contribution in [2.75, 3.05) is 33.7 Å². The summed E-state index contributed by atoms with van der Waals surface area (Å²) in [5.74, 6) is 0.0724. The molecule has 0 aliphatic heterocycles. The van der Waals surface area contributed by atoms with Crippen molar-refractivity contribution >= 4 is 5.91 Å². The smallest absolute Gasteiger partial charge is 0.243 e. The third-order valence-electron chi connectivity index (χ3n) is 4.28. The van der Waals surface area contributed by atoms with Crippen molar-refractivity contribution in [1.29, 1.82) is 5.26 Å². The van der Waals surface area contributed by atoms with Crippen molar-refractivity contribution in [3.05, 3.63) is 0 Å². The monoisotopic (exact) mass is 279 g/mol. The zero-order valence-corrected chi connectivity index (χ0v) is 13.3. The second-order valence-electron chi connectivity index (χ2n) is 6.15. The molecular weight excluding hydrogens is 250 g/mol. The van der Waals surface area contributed by atoms with Gasteiger partial charge in [0.25, 0.3) is 0 Å². The lowest BCUT2D eigenvalue weighted by molar-refractivity contribution is -0.139. The Labute approximate surface area is 123 Å². The van der Waals surface area contributed by atoms with Gasteiger partial charge in [0, 0.05) is 13.1 Å². The highest BCUT2D eigenvalue weighted by Crippen LogP contribution is 2.36. The number of carbonyl (C=O) groups excluding carboxylic acids is 1. The molecule has 0 bridgehead atoms. The molecule has 4 nitrogen and oxygen atoms in total. The van der Waals surface area contributed by atoms with Gasteiger partial charge in [-0.1, -0.05) is 25.7 Å². The molecule has 0 saturated heterocycles. The van der Waals surface area contributed by atoms with Crippen LogP contribution >= 0.6 is 0 Å². The molecule has 1 fully saturated rings. The zero-order valence-electron chi connectivity index (χ0n) is 13.3. The minimum Gasteiger partial charge on any atom is -0.342 e. The Morgan fingerprint density at radius 3 is 2.20 bits per heavy atom. The summed E-state index contributed by atoms with van der Waals surface area (Å²) in [6.45, 7) is 4.45. The van der Waals surface area contributed by atoms with Gasteiger partial charge in [0.15, 0.2) is 0 Å². The van der Waals surface area contributed by atoms with Crippen molar-refractivity contribution in [3.8, 4) is 6.07 Å². The lowest BCUT2D eigenvalue weighted by atomic mass is 9.80. The molecule has 0 aromatic heterocycles. The Bertz CT molecular complexity index is 338. The van der Waals surface area contributed by atoms with Gasteiger partial charge >= 0.3 is 0 Å². The quantitative estimate of drug-likeness (QED) is 0.702. The fourth-order valence-corrected chi connectivity index (χ4v) is 2.99. The fourth-order valence-electron chi connectivity index (χ4n) is 2.99. The molecule has 1 amide bonds. The van der Waals surface area contributed by atoms with E-state index in [0.29, 0.717) is 6.54 Å². The average Bonchev–Trinajstić information content (AvgIpc) is 2.69. The van der Waals surface area contributed by atoms with Gasteiger partial charge in [-0.2, -0.15) is 5.26 Å². The molecule has 1 rings (SSSR count). The summed E-state index contributed by atoms with van der Waals surface area (Å²) in [4.78, 5) is 16.8. The van der Waals surface area contributed by atoms with Crippen LogP contribution < -0.4 is 0 Å². The summed E-state index contributed by atoms with van der Waals surface area (Å²) in [6, 6.07) is 2.37. The van der Waals surface area contributed by atoms with Crippen LogP contribution in [0.25, 0.3) is 0 Å². The number of amides is 1.